The van der Waals surface area contributed by atoms with Crippen LogP contribution in [0.5, 0.6) is 0 Å². The number of carbonyl (C=O) groups is 1. The maximum atomic E-state index is 12.8. The third-order valence-electron chi connectivity index (χ3n) is 3.25. The molecule has 0 heterocycles. The molecule has 0 bridgehead atoms. The summed E-state index contributed by atoms with van der Waals surface area (Å²) in [7, 11) is 1.99. The molecule has 0 atom stereocenters. The van der Waals surface area contributed by atoms with Crippen LogP contribution in [0.1, 0.15) is 22.3 Å². The Morgan fingerprint density at radius 3 is 2.33 bits per heavy atom. The molecular weight excluding hydrogens is 333 g/mol. The number of hydrogen-bond acceptors (Lipinski definition) is 2. The van der Waals surface area contributed by atoms with Crippen LogP contribution in [0.15, 0.2) is 53.0 Å². The van der Waals surface area contributed by atoms with E-state index < -0.39 is 0 Å². The van der Waals surface area contributed by atoms with Gasteiger partial charge in [-0.15, -0.1) is 0 Å². The smallest absolute Gasteiger partial charge is 0.164 e. The number of nitrogens with zero attached hydrogens (tertiary/aromatic N) is 1. The van der Waals surface area contributed by atoms with Gasteiger partial charge in [-0.2, -0.15) is 0 Å². The third-order valence-corrected chi connectivity index (χ3v) is 3.78. The molecule has 0 aliphatic carbocycles. The van der Waals surface area contributed by atoms with E-state index in [1.165, 1.54) is 29.8 Å². The Labute approximate surface area is 132 Å². The first-order chi connectivity index (χ1) is 10.0. The number of halogens is 2. The molecule has 0 spiro atoms. The average Bonchev–Trinajstić information content (AvgIpc) is 2.48. The fourth-order valence-corrected chi connectivity index (χ4v) is 2.32. The van der Waals surface area contributed by atoms with Crippen molar-refractivity contribution in [1.82, 2.24) is 4.90 Å². The lowest BCUT2D eigenvalue weighted by molar-refractivity contribution is 0.0968. The van der Waals surface area contributed by atoms with Gasteiger partial charge in [0.25, 0.3) is 0 Å². The highest BCUT2D eigenvalue weighted by Crippen LogP contribution is 2.12. The molecule has 0 amide bonds. The number of carbonyl (C=O) groups excluding carboxylic acids is 1. The van der Waals surface area contributed by atoms with Crippen molar-refractivity contribution in [3.8, 4) is 0 Å². The number of Topliss-reactive ketones (excluding diaryl/α,β-unsaturated/α-hetero) is 1. The fraction of sp³-hybridized carbons (Fsp3) is 0.235. The molecule has 0 aromatic heterocycles. The van der Waals surface area contributed by atoms with Crippen LogP contribution in [0.4, 0.5) is 4.39 Å². The Balaban J connectivity index is 1.83. The van der Waals surface area contributed by atoms with Crippen molar-refractivity contribution in [1.29, 1.82) is 0 Å². The lowest BCUT2D eigenvalue weighted by Crippen LogP contribution is -2.21. The molecule has 2 aromatic carbocycles. The minimum atomic E-state index is -0.320. The monoisotopic (exact) mass is 349 g/mol. The van der Waals surface area contributed by atoms with Crippen molar-refractivity contribution in [2.45, 2.75) is 13.0 Å². The second kappa shape index (κ2) is 7.48. The van der Waals surface area contributed by atoms with E-state index in [-0.39, 0.29) is 11.6 Å². The maximum Gasteiger partial charge on any atom is 0.164 e. The first-order valence-corrected chi connectivity index (χ1v) is 7.55. The van der Waals surface area contributed by atoms with Gasteiger partial charge in [-0.3, -0.25) is 4.79 Å². The molecule has 2 aromatic rings. The van der Waals surface area contributed by atoms with Crippen LogP contribution in [-0.4, -0.2) is 24.3 Å². The lowest BCUT2D eigenvalue weighted by atomic mass is 10.1. The van der Waals surface area contributed by atoms with Crippen molar-refractivity contribution in [2.24, 2.45) is 0 Å². The highest BCUT2D eigenvalue weighted by atomic mass is 79.9. The zero-order valence-corrected chi connectivity index (χ0v) is 13.4. The molecule has 110 valence electrons. The summed E-state index contributed by atoms with van der Waals surface area (Å²) in [6, 6.07) is 13.8. The summed E-state index contributed by atoms with van der Waals surface area (Å²) >= 11 is 3.41. The third kappa shape index (κ3) is 5.06. The highest BCUT2D eigenvalue weighted by molar-refractivity contribution is 9.10. The van der Waals surface area contributed by atoms with Crippen LogP contribution >= 0.6 is 15.9 Å². The second-order valence-electron chi connectivity index (χ2n) is 5.04. The van der Waals surface area contributed by atoms with Crippen LogP contribution in [0.25, 0.3) is 0 Å². The van der Waals surface area contributed by atoms with Crippen molar-refractivity contribution >= 4 is 21.7 Å². The van der Waals surface area contributed by atoms with Gasteiger partial charge in [0.05, 0.1) is 0 Å². The Morgan fingerprint density at radius 2 is 1.71 bits per heavy atom. The Morgan fingerprint density at radius 1 is 1.10 bits per heavy atom. The van der Waals surface area contributed by atoms with Crippen LogP contribution in [0.3, 0.4) is 0 Å². The van der Waals surface area contributed by atoms with Crippen molar-refractivity contribution in [2.75, 3.05) is 13.6 Å². The molecule has 0 unspecified atom stereocenters. The standard InChI is InChI=1S/C17H17BrFNO/c1-20(12-13-2-6-15(18)7-3-13)11-10-17(21)14-4-8-16(19)9-5-14/h2-9H,10-12H2,1H3. The summed E-state index contributed by atoms with van der Waals surface area (Å²) in [4.78, 5) is 14.1. The van der Waals surface area contributed by atoms with Crippen molar-refractivity contribution in [3.05, 3.63) is 69.9 Å². The average molecular weight is 350 g/mol. The number of ketones is 1. The zero-order chi connectivity index (χ0) is 15.2. The highest BCUT2D eigenvalue weighted by Gasteiger charge is 2.08. The van der Waals surface area contributed by atoms with Gasteiger partial charge in [-0.05, 0) is 49.0 Å². The molecule has 0 aliphatic heterocycles. The predicted octanol–water partition coefficient (Wildman–Crippen LogP) is 4.29. The molecule has 0 saturated carbocycles. The summed E-state index contributed by atoms with van der Waals surface area (Å²) in [5.41, 5.74) is 1.77. The quantitative estimate of drug-likeness (QED) is 0.725. The molecular formula is C17H17BrFNO. The van der Waals surface area contributed by atoms with Crippen LogP contribution in [-0.2, 0) is 6.54 Å². The van der Waals surface area contributed by atoms with E-state index >= 15 is 0 Å². The SMILES string of the molecule is CN(CCC(=O)c1ccc(F)cc1)Cc1ccc(Br)cc1. The zero-order valence-electron chi connectivity index (χ0n) is 11.9. The van der Waals surface area contributed by atoms with E-state index in [1.54, 1.807) is 0 Å². The molecule has 0 aliphatic rings. The fourth-order valence-electron chi connectivity index (χ4n) is 2.05. The van der Waals surface area contributed by atoms with Gasteiger partial charge in [0.15, 0.2) is 5.78 Å². The van der Waals surface area contributed by atoms with Gasteiger partial charge in [0.2, 0.25) is 0 Å². The minimum Gasteiger partial charge on any atom is -0.302 e. The normalized spacial score (nSPS) is 10.9. The van der Waals surface area contributed by atoms with Gasteiger partial charge in [0.1, 0.15) is 5.82 Å². The van der Waals surface area contributed by atoms with E-state index in [0.717, 1.165) is 11.0 Å². The largest absolute Gasteiger partial charge is 0.302 e. The van der Waals surface area contributed by atoms with Crippen LogP contribution < -0.4 is 0 Å². The van der Waals surface area contributed by atoms with Crippen molar-refractivity contribution in [3.63, 3.8) is 0 Å². The lowest BCUT2D eigenvalue weighted by Gasteiger charge is -2.16. The molecule has 0 fully saturated rings. The number of hydrogen-bond donors (Lipinski definition) is 0. The molecule has 21 heavy (non-hydrogen) atoms. The summed E-state index contributed by atoms with van der Waals surface area (Å²) in [5, 5.41) is 0. The van der Waals surface area contributed by atoms with Gasteiger partial charge in [0, 0.05) is 29.5 Å². The molecule has 2 rings (SSSR count). The summed E-state index contributed by atoms with van der Waals surface area (Å²) in [6.45, 7) is 1.47. The maximum absolute atomic E-state index is 12.8. The molecule has 4 heteroatoms. The number of rotatable bonds is 6. The Hall–Kier alpha value is -1.52. The first kappa shape index (κ1) is 15.9. The first-order valence-electron chi connectivity index (χ1n) is 6.76. The van der Waals surface area contributed by atoms with E-state index in [9.17, 15) is 9.18 Å². The van der Waals surface area contributed by atoms with Gasteiger partial charge in [-0.1, -0.05) is 28.1 Å². The number of benzene rings is 2. The van der Waals surface area contributed by atoms with Gasteiger partial charge < -0.3 is 4.90 Å². The minimum absolute atomic E-state index is 0.0395. The van der Waals surface area contributed by atoms with Crippen molar-refractivity contribution < 1.29 is 9.18 Å². The Kier molecular flexibility index (Phi) is 5.65. The topological polar surface area (TPSA) is 20.3 Å². The second-order valence-corrected chi connectivity index (χ2v) is 5.96. The molecule has 0 saturated heterocycles. The molecule has 0 N–H and O–H groups in total. The molecule has 2 nitrogen and oxygen atoms in total. The van der Waals surface area contributed by atoms with Crippen LogP contribution in [0, 0.1) is 5.82 Å². The van der Waals surface area contributed by atoms with E-state index in [0.29, 0.717) is 18.5 Å². The van der Waals surface area contributed by atoms with E-state index in [2.05, 4.69) is 33.0 Å². The summed E-state index contributed by atoms with van der Waals surface area (Å²) in [5.74, 6) is -0.281. The molecule has 0 radical (unpaired) electrons. The van der Waals surface area contributed by atoms with E-state index in [1.807, 2.05) is 19.2 Å². The van der Waals surface area contributed by atoms with E-state index in [4.69, 9.17) is 0 Å². The van der Waals surface area contributed by atoms with Gasteiger partial charge in [-0.25, -0.2) is 4.39 Å². The summed E-state index contributed by atoms with van der Waals surface area (Å²) in [6.07, 6.45) is 0.429. The Bertz CT molecular complexity index is 595. The predicted molar refractivity (Wildman–Crippen MR) is 85.8 cm³/mol. The van der Waals surface area contributed by atoms with Gasteiger partial charge >= 0.3 is 0 Å². The summed E-state index contributed by atoms with van der Waals surface area (Å²) < 4.78 is 13.9. The van der Waals surface area contributed by atoms with Crippen LogP contribution in [0.2, 0.25) is 0 Å².